The Morgan fingerprint density at radius 1 is 1.20 bits per heavy atom. The number of aliphatic hydroxyl groups is 1. The van der Waals surface area contributed by atoms with Gasteiger partial charge in [-0.25, -0.2) is 19.6 Å². The van der Waals surface area contributed by atoms with Crippen molar-refractivity contribution >= 4 is 29.2 Å². The lowest BCUT2D eigenvalue weighted by Gasteiger charge is -2.14. The molecule has 0 amide bonds. The molecule has 0 saturated carbocycles. The highest BCUT2D eigenvalue weighted by atomic mass is 32.2. The van der Waals surface area contributed by atoms with Crippen LogP contribution in [-0.4, -0.2) is 40.9 Å². The SMILES string of the molecule is [C-]#[N+]c1c(N)nc(SCc2nc(-c3ccc(C(=O)OC)cc3)oc2C)c(C#N)c1-c1ccc(OC[C@H](C)O)cc1. The maximum Gasteiger partial charge on any atom is 0.337 e. The molecule has 4 rings (SSSR count). The Balaban J connectivity index is 1.61. The molecule has 0 spiro atoms. The fourth-order valence-electron chi connectivity index (χ4n) is 3.80. The minimum absolute atomic E-state index is 0.0178. The van der Waals surface area contributed by atoms with Crippen molar-refractivity contribution in [2.45, 2.75) is 30.7 Å². The summed E-state index contributed by atoms with van der Waals surface area (Å²) in [5, 5.41) is 19.9. The number of hydrogen-bond acceptors (Lipinski definition) is 10. The van der Waals surface area contributed by atoms with Crippen LogP contribution >= 0.6 is 11.8 Å². The molecule has 10 nitrogen and oxygen atoms in total. The highest BCUT2D eigenvalue weighted by molar-refractivity contribution is 7.98. The summed E-state index contributed by atoms with van der Waals surface area (Å²) in [4.78, 5) is 24.2. The molecule has 0 aliphatic carbocycles. The van der Waals surface area contributed by atoms with Crippen LogP contribution in [0.1, 0.15) is 34.3 Å². The summed E-state index contributed by atoms with van der Waals surface area (Å²) in [6, 6.07) is 15.8. The number of aryl methyl sites for hydroxylation is 1. The average Bonchev–Trinajstić information content (AvgIpc) is 3.34. The highest BCUT2D eigenvalue weighted by Gasteiger charge is 2.22. The number of carbonyl (C=O) groups excluding carboxylic acids is 1. The molecule has 0 aliphatic heterocycles. The number of nitrogens with two attached hydrogens (primary N) is 1. The fourth-order valence-corrected chi connectivity index (χ4v) is 4.79. The first-order valence-corrected chi connectivity index (χ1v) is 13.0. The summed E-state index contributed by atoms with van der Waals surface area (Å²) < 4.78 is 16.1. The quantitative estimate of drug-likeness (QED) is 0.153. The molecule has 0 bridgehead atoms. The molecule has 11 heteroatoms. The maximum absolute atomic E-state index is 11.7. The van der Waals surface area contributed by atoms with Crippen molar-refractivity contribution in [3.63, 3.8) is 0 Å². The smallest absolute Gasteiger partial charge is 0.337 e. The number of ether oxygens (including phenoxy) is 2. The van der Waals surface area contributed by atoms with Crippen molar-refractivity contribution in [3.05, 3.63) is 82.5 Å². The second-order valence-corrected chi connectivity index (χ2v) is 9.65. The molecule has 3 N–H and O–H groups in total. The van der Waals surface area contributed by atoms with E-state index in [1.165, 1.54) is 18.9 Å². The number of oxazole rings is 1. The summed E-state index contributed by atoms with van der Waals surface area (Å²) in [5.41, 5.74) is 9.23. The molecule has 2 aromatic heterocycles. The molecule has 0 fully saturated rings. The van der Waals surface area contributed by atoms with Gasteiger partial charge in [0.05, 0.1) is 36.6 Å². The summed E-state index contributed by atoms with van der Waals surface area (Å²) >= 11 is 1.26. The normalized spacial score (nSPS) is 11.3. The summed E-state index contributed by atoms with van der Waals surface area (Å²) in [5.74, 6) is 1.44. The summed E-state index contributed by atoms with van der Waals surface area (Å²) in [6.07, 6.45) is -0.616. The molecule has 2 heterocycles. The predicted molar refractivity (Wildman–Crippen MR) is 150 cm³/mol. The van der Waals surface area contributed by atoms with E-state index in [0.29, 0.717) is 56.1 Å². The van der Waals surface area contributed by atoms with Gasteiger partial charge in [-0.3, -0.25) is 0 Å². The number of nitriles is 1. The standard InChI is InChI=1S/C29H25N5O5S/c1-16(35)14-38-21-11-9-18(10-12-21)24-22(13-30)28(34-26(31)25(24)32-3)40-15-23-17(2)39-27(33-23)19-5-7-20(8-6-19)29(36)37-4/h5-12,16,35H,14-15H2,1-2,4H3,(H2,31,34)/t16-/m0/s1. The molecule has 0 saturated heterocycles. The minimum atomic E-state index is -0.616. The van der Waals surface area contributed by atoms with Gasteiger partial charge in [-0.15, -0.1) is 0 Å². The lowest BCUT2D eigenvalue weighted by atomic mass is 10.00. The number of nitrogens with zero attached hydrogens (tertiary/aromatic N) is 4. The van der Waals surface area contributed by atoms with Crippen molar-refractivity contribution in [1.82, 2.24) is 9.97 Å². The van der Waals surface area contributed by atoms with Gasteiger partial charge < -0.3 is 24.7 Å². The van der Waals surface area contributed by atoms with Crippen LogP contribution in [0.2, 0.25) is 0 Å². The Morgan fingerprint density at radius 2 is 1.88 bits per heavy atom. The number of aromatic nitrogens is 2. The first-order valence-electron chi connectivity index (χ1n) is 12.1. The van der Waals surface area contributed by atoms with Crippen LogP contribution in [0.5, 0.6) is 5.75 Å². The van der Waals surface area contributed by atoms with E-state index in [2.05, 4.69) is 20.9 Å². The largest absolute Gasteiger partial charge is 0.491 e. The van der Waals surface area contributed by atoms with Crippen LogP contribution in [0.15, 0.2) is 58.0 Å². The first-order chi connectivity index (χ1) is 19.2. The summed E-state index contributed by atoms with van der Waals surface area (Å²) in [7, 11) is 1.32. The lowest BCUT2D eigenvalue weighted by Crippen LogP contribution is -2.12. The number of anilines is 1. The number of aliphatic hydroxyl groups excluding tert-OH is 1. The second kappa shape index (κ2) is 12.3. The van der Waals surface area contributed by atoms with E-state index in [-0.39, 0.29) is 23.7 Å². The van der Waals surface area contributed by atoms with Crippen molar-refractivity contribution in [1.29, 1.82) is 5.26 Å². The van der Waals surface area contributed by atoms with Gasteiger partial charge in [-0.2, -0.15) is 5.26 Å². The van der Waals surface area contributed by atoms with Gasteiger partial charge in [0.25, 0.3) is 0 Å². The lowest BCUT2D eigenvalue weighted by molar-refractivity contribution is 0.0600. The van der Waals surface area contributed by atoms with E-state index in [1.54, 1.807) is 62.4 Å². The first kappa shape index (κ1) is 28.2. The van der Waals surface area contributed by atoms with Gasteiger partial charge >= 0.3 is 5.97 Å². The van der Waals surface area contributed by atoms with E-state index in [0.717, 1.165) is 0 Å². The Kier molecular flexibility index (Phi) is 8.70. The third-order valence-corrected chi connectivity index (χ3v) is 6.80. The van der Waals surface area contributed by atoms with Gasteiger partial charge in [0, 0.05) is 16.9 Å². The van der Waals surface area contributed by atoms with Gasteiger partial charge in [-0.05, 0) is 55.8 Å². The number of nitrogen functional groups attached to an aromatic ring is 1. The topological polar surface area (TPSA) is 149 Å². The van der Waals surface area contributed by atoms with Crippen LogP contribution in [0.3, 0.4) is 0 Å². The maximum atomic E-state index is 11.7. The molecule has 202 valence electrons. The number of carbonyl (C=O) groups is 1. The molecule has 2 aromatic carbocycles. The Labute approximate surface area is 235 Å². The molecule has 40 heavy (non-hydrogen) atoms. The molecule has 4 aromatic rings. The van der Waals surface area contributed by atoms with Crippen LogP contribution in [0.4, 0.5) is 11.5 Å². The third kappa shape index (κ3) is 6.07. The third-order valence-electron chi connectivity index (χ3n) is 5.81. The zero-order valence-corrected chi connectivity index (χ0v) is 22.8. The predicted octanol–water partition coefficient (Wildman–Crippen LogP) is 5.56. The summed E-state index contributed by atoms with van der Waals surface area (Å²) in [6.45, 7) is 11.2. The second-order valence-electron chi connectivity index (χ2n) is 8.69. The number of benzene rings is 2. The average molecular weight is 556 g/mol. The van der Waals surface area contributed by atoms with Crippen molar-refractivity contribution in [3.8, 4) is 34.4 Å². The van der Waals surface area contributed by atoms with Crippen molar-refractivity contribution in [2.75, 3.05) is 19.5 Å². The van der Waals surface area contributed by atoms with Crippen LogP contribution in [-0.2, 0) is 10.5 Å². The van der Waals surface area contributed by atoms with Gasteiger partial charge in [-0.1, -0.05) is 23.9 Å². The minimum Gasteiger partial charge on any atom is -0.491 e. The number of hydrogen-bond donors (Lipinski definition) is 2. The van der Waals surface area contributed by atoms with Gasteiger partial charge in [0.15, 0.2) is 0 Å². The Hall–Kier alpha value is -4.84. The van der Waals surface area contributed by atoms with Crippen LogP contribution in [0, 0.1) is 24.8 Å². The number of thioether (sulfide) groups is 1. The van der Waals surface area contributed by atoms with Crippen molar-refractivity contribution in [2.24, 2.45) is 0 Å². The van der Waals surface area contributed by atoms with Gasteiger partial charge in [0.1, 0.15) is 35.0 Å². The van der Waals surface area contributed by atoms with Crippen LogP contribution < -0.4 is 10.5 Å². The molecular formula is C29H25N5O5S. The number of rotatable bonds is 9. The van der Waals surface area contributed by atoms with E-state index in [4.69, 9.17) is 26.2 Å². The molecule has 1 atom stereocenters. The monoisotopic (exact) mass is 555 g/mol. The zero-order valence-electron chi connectivity index (χ0n) is 22.0. The van der Waals surface area contributed by atoms with E-state index in [1.807, 2.05) is 0 Å². The van der Waals surface area contributed by atoms with E-state index < -0.39 is 12.1 Å². The molecule has 0 aliphatic rings. The highest BCUT2D eigenvalue weighted by Crippen LogP contribution is 2.42. The Bertz CT molecular complexity index is 1620. The zero-order chi connectivity index (χ0) is 28.8. The van der Waals surface area contributed by atoms with E-state index in [9.17, 15) is 15.2 Å². The van der Waals surface area contributed by atoms with Crippen molar-refractivity contribution < 1.29 is 23.8 Å². The molecular weight excluding hydrogens is 530 g/mol. The molecule has 0 unspecified atom stereocenters. The van der Waals surface area contributed by atoms with Crippen LogP contribution in [0.25, 0.3) is 27.4 Å². The number of esters is 1. The Morgan fingerprint density at radius 3 is 2.48 bits per heavy atom. The fraction of sp³-hybridized carbons (Fsp3) is 0.207. The molecule has 0 radical (unpaired) electrons. The number of pyridine rings is 1. The van der Waals surface area contributed by atoms with E-state index >= 15 is 0 Å². The van der Waals surface area contributed by atoms with Gasteiger partial charge in [0.2, 0.25) is 11.6 Å². The number of methoxy groups -OCH3 is 1.